The summed E-state index contributed by atoms with van der Waals surface area (Å²) in [5.41, 5.74) is 2.08. The third kappa shape index (κ3) is 4.32. The zero-order chi connectivity index (χ0) is 14.4. The maximum Gasteiger partial charge on any atom is 0.224 e. The van der Waals surface area contributed by atoms with Crippen LogP contribution in [0.3, 0.4) is 0 Å². The van der Waals surface area contributed by atoms with Crippen molar-refractivity contribution in [3.63, 3.8) is 0 Å². The molecule has 0 aromatic heterocycles. The van der Waals surface area contributed by atoms with E-state index in [4.69, 9.17) is 4.74 Å². The van der Waals surface area contributed by atoms with Crippen molar-refractivity contribution in [3.8, 4) is 0 Å². The lowest BCUT2D eigenvalue weighted by Gasteiger charge is -2.34. The number of hydrogen-bond donors (Lipinski definition) is 2. The van der Waals surface area contributed by atoms with Crippen LogP contribution in [-0.4, -0.2) is 25.7 Å². The van der Waals surface area contributed by atoms with Gasteiger partial charge >= 0.3 is 0 Å². The van der Waals surface area contributed by atoms with E-state index in [9.17, 15) is 4.79 Å². The average Bonchev–Trinajstić information content (AvgIpc) is 2.39. The number of carbonyl (C=O) groups is 1. The van der Waals surface area contributed by atoms with E-state index in [2.05, 4.69) is 10.6 Å². The summed E-state index contributed by atoms with van der Waals surface area (Å²) in [7, 11) is 1.92. The summed E-state index contributed by atoms with van der Waals surface area (Å²) in [6.45, 7) is 3.62. The Morgan fingerprint density at radius 1 is 1.30 bits per heavy atom. The van der Waals surface area contributed by atoms with Gasteiger partial charge in [-0.25, -0.2) is 0 Å². The van der Waals surface area contributed by atoms with Gasteiger partial charge in [-0.05, 0) is 50.4 Å². The molecule has 1 aliphatic rings. The number of nitrogens with one attached hydrogen (secondary N) is 2. The Morgan fingerprint density at radius 2 is 2.00 bits per heavy atom. The van der Waals surface area contributed by atoms with Gasteiger partial charge in [-0.1, -0.05) is 12.1 Å². The molecular weight excluding hydrogens is 252 g/mol. The highest BCUT2D eigenvalue weighted by atomic mass is 16.5. The number of ether oxygens (including phenoxy) is 1. The Kier molecular flexibility index (Phi) is 5.56. The Balaban J connectivity index is 1.72. The predicted molar refractivity (Wildman–Crippen MR) is 80.6 cm³/mol. The molecule has 0 atom stereocenters. The highest BCUT2D eigenvalue weighted by molar-refractivity contribution is 5.90. The highest BCUT2D eigenvalue weighted by Crippen LogP contribution is 2.32. The Morgan fingerprint density at radius 3 is 2.60 bits per heavy atom. The first kappa shape index (κ1) is 15.0. The topological polar surface area (TPSA) is 50.4 Å². The maximum absolute atomic E-state index is 11.9. The third-order valence-corrected chi connectivity index (χ3v) is 3.69. The lowest BCUT2D eigenvalue weighted by atomic mass is 9.80. The van der Waals surface area contributed by atoms with E-state index in [0.29, 0.717) is 18.4 Å². The fourth-order valence-electron chi connectivity index (χ4n) is 2.60. The van der Waals surface area contributed by atoms with E-state index < -0.39 is 0 Å². The van der Waals surface area contributed by atoms with Gasteiger partial charge in [-0.2, -0.15) is 0 Å². The van der Waals surface area contributed by atoms with Crippen molar-refractivity contribution >= 4 is 11.6 Å². The fourth-order valence-corrected chi connectivity index (χ4v) is 2.60. The smallest absolute Gasteiger partial charge is 0.224 e. The quantitative estimate of drug-likeness (QED) is 0.804. The van der Waals surface area contributed by atoms with Gasteiger partial charge in [0.2, 0.25) is 5.91 Å². The van der Waals surface area contributed by atoms with Crippen LogP contribution in [0, 0.1) is 5.92 Å². The largest absolute Gasteiger partial charge is 0.378 e. The molecule has 0 bridgehead atoms. The molecule has 2 N–H and O–H groups in total. The molecule has 1 aromatic carbocycles. The Labute approximate surface area is 120 Å². The molecule has 0 radical (unpaired) electrons. The van der Waals surface area contributed by atoms with E-state index >= 15 is 0 Å². The second kappa shape index (κ2) is 7.41. The van der Waals surface area contributed by atoms with Gasteiger partial charge in [-0.15, -0.1) is 0 Å². The minimum Gasteiger partial charge on any atom is -0.378 e. The molecule has 20 heavy (non-hydrogen) atoms. The van der Waals surface area contributed by atoms with Crippen LogP contribution >= 0.6 is 0 Å². The Bertz CT molecular complexity index is 425. The standard InChI is InChI=1S/C16H24N2O2/c1-3-20-15-8-13(9-15)10-16(19)18-14-6-4-12(5-7-14)11-17-2/h4-7,13,15,17H,3,8-11H2,1-2H3,(H,18,19). The molecule has 1 fully saturated rings. The number of rotatable bonds is 7. The van der Waals surface area contributed by atoms with E-state index in [1.54, 1.807) is 0 Å². The van der Waals surface area contributed by atoms with Crippen molar-refractivity contribution in [2.24, 2.45) is 5.92 Å². The average molecular weight is 276 g/mol. The van der Waals surface area contributed by atoms with E-state index in [-0.39, 0.29) is 5.91 Å². The molecule has 4 heteroatoms. The lowest BCUT2D eigenvalue weighted by Crippen LogP contribution is -2.33. The SMILES string of the molecule is CCOC1CC(CC(=O)Nc2ccc(CNC)cc2)C1. The van der Waals surface area contributed by atoms with E-state index in [1.165, 1.54) is 5.56 Å². The minimum absolute atomic E-state index is 0.103. The van der Waals surface area contributed by atoms with Crippen LogP contribution in [0.2, 0.25) is 0 Å². The van der Waals surface area contributed by atoms with E-state index in [0.717, 1.165) is 31.7 Å². The van der Waals surface area contributed by atoms with Gasteiger partial charge in [0, 0.05) is 25.3 Å². The Hall–Kier alpha value is -1.39. The molecule has 110 valence electrons. The van der Waals surface area contributed by atoms with Crippen molar-refractivity contribution < 1.29 is 9.53 Å². The first-order valence-corrected chi connectivity index (χ1v) is 7.36. The van der Waals surface area contributed by atoms with Crippen LogP contribution < -0.4 is 10.6 Å². The number of anilines is 1. The van der Waals surface area contributed by atoms with Gasteiger partial charge in [0.25, 0.3) is 0 Å². The number of amides is 1. The molecule has 1 aliphatic carbocycles. The predicted octanol–water partition coefficient (Wildman–Crippen LogP) is 2.55. The summed E-state index contributed by atoms with van der Waals surface area (Å²) < 4.78 is 5.51. The van der Waals surface area contributed by atoms with Gasteiger partial charge < -0.3 is 15.4 Å². The minimum atomic E-state index is 0.103. The molecule has 0 aliphatic heterocycles. The normalized spacial score (nSPS) is 21.3. The second-order valence-electron chi connectivity index (χ2n) is 5.39. The molecule has 1 aromatic rings. The fraction of sp³-hybridized carbons (Fsp3) is 0.562. The molecular formula is C16H24N2O2. The molecule has 4 nitrogen and oxygen atoms in total. The maximum atomic E-state index is 11.9. The first-order chi connectivity index (χ1) is 9.71. The third-order valence-electron chi connectivity index (χ3n) is 3.69. The summed E-state index contributed by atoms with van der Waals surface area (Å²) in [5.74, 6) is 0.585. The van der Waals surface area contributed by atoms with Crippen LogP contribution in [0.25, 0.3) is 0 Å². The number of carbonyl (C=O) groups excluding carboxylic acids is 1. The zero-order valence-corrected chi connectivity index (χ0v) is 12.3. The summed E-state index contributed by atoms with van der Waals surface area (Å²) in [6, 6.07) is 7.96. The summed E-state index contributed by atoms with van der Waals surface area (Å²) in [4.78, 5) is 11.9. The second-order valence-corrected chi connectivity index (χ2v) is 5.39. The van der Waals surface area contributed by atoms with Crippen molar-refractivity contribution in [2.45, 2.75) is 38.8 Å². The van der Waals surface area contributed by atoms with Gasteiger partial charge in [0.1, 0.15) is 0 Å². The number of hydrogen-bond acceptors (Lipinski definition) is 3. The van der Waals surface area contributed by atoms with Gasteiger partial charge in [0.15, 0.2) is 0 Å². The monoisotopic (exact) mass is 276 g/mol. The molecule has 0 unspecified atom stereocenters. The molecule has 1 amide bonds. The molecule has 0 saturated heterocycles. The van der Waals surface area contributed by atoms with Crippen LogP contribution in [0.1, 0.15) is 31.7 Å². The molecule has 0 spiro atoms. The van der Waals surface area contributed by atoms with E-state index in [1.807, 2.05) is 38.2 Å². The van der Waals surface area contributed by atoms with Crippen LogP contribution in [-0.2, 0) is 16.1 Å². The first-order valence-electron chi connectivity index (χ1n) is 7.36. The van der Waals surface area contributed by atoms with Crippen molar-refractivity contribution in [1.29, 1.82) is 0 Å². The number of benzene rings is 1. The summed E-state index contributed by atoms with van der Waals surface area (Å²) in [6.07, 6.45) is 3.01. The van der Waals surface area contributed by atoms with Crippen molar-refractivity contribution in [2.75, 3.05) is 19.0 Å². The van der Waals surface area contributed by atoms with Gasteiger partial charge in [0.05, 0.1) is 6.10 Å². The van der Waals surface area contributed by atoms with Gasteiger partial charge in [-0.3, -0.25) is 4.79 Å². The van der Waals surface area contributed by atoms with Crippen molar-refractivity contribution in [3.05, 3.63) is 29.8 Å². The lowest BCUT2D eigenvalue weighted by molar-refractivity contribution is -0.119. The summed E-state index contributed by atoms with van der Waals surface area (Å²) >= 11 is 0. The molecule has 0 heterocycles. The summed E-state index contributed by atoms with van der Waals surface area (Å²) in [5, 5.41) is 6.06. The highest BCUT2D eigenvalue weighted by Gasteiger charge is 2.30. The van der Waals surface area contributed by atoms with Crippen LogP contribution in [0.5, 0.6) is 0 Å². The zero-order valence-electron chi connectivity index (χ0n) is 12.3. The van der Waals surface area contributed by atoms with Crippen LogP contribution in [0.4, 0.5) is 5.69 Å². The van der Waals surface area contributed by atoms with Crippen LogP contribution in [0.15, 0.2) is 24.3 Å². The van der Waals surface area contributed by atoms with Crippen molar-refractivity contribution in [1.82, 2.24) is 5.32 Å². The molecule has 1 saturated carbocycles. The molecule has 2 rings (SSSR count).